The number of ether oxygens (including phenoxy) is 2. The van der Waals surface area contributed by atoms with Crippen LogP contribution < -0.4 is 20.5 Å². The third-order valence-corrected chi connectivity index (χ3v) is 5.02. The molecule has 3 rings (SSSR count). The van der Waals surface area contributed by atoms with Gasteiger partial charge in [0.25, 0.3) is 0 Å². The number of amides is 1. The van der Waals surface area contributed by atoms with Crippen molar-refractivity contribution >= 4 is 34.7 Å². The Morgan fingerprint density at radius 3 is 2.79 bits per heavy atom. The molecule has 3 N–H and O–H groups in total. The maximum absolute atomic E-state index is 12.3. The first-order chi connectivity index (χ1) is 13.4. The molecule has 0 aliphatic carbocycles. The average molecular weight is 422 g/mol. The van der Waals surface area contributed by atoms with E-state index in [2.05, 4.69) is 15.4 Å². The van der Waals surface area contributed by atoms with Crippen molar-refractivity contribution in [1.82, 2.24) is 14.8 Å². The summed E-state index contributed by atoms with van der Waals surface area (Å²) in [6, 6.07) is 5.21. The Hall–Kier alpha value is -2.62. The molecule has 0 radical (unpaired) electrons. The maximum atomic E-state index is 12.3. The average Bonchev–Trinajstić information content (AvgIpc) is 3.14. The zero-order valence-electron chi connectivity index (χ0n) is 15.7. The highest BCUT2D eigenvalue weighted by Crippen LogP contribution is 2.36. The van der Waals surface area contributed by atoms with E-state index in [4.69, 9.17) is 26.8 Å². The summed E-state index contributed by atoms with van der Waals surface area (Å²) in [5, 5.41) is 8.64. The largest absolute Gasteiger partial charge is 0.492 e. The predicted molar refractivity (Wildman–Crippen MR) is 109 cm³/mol. The van der Waals surface area contributed by atoms with Gasteiger partial charge in [-0.15, -0.1) is 0 Å². The lowest BCUT2D eigenvalue weighted by Gasteiger charge is -2.14. The number of carbonyl (C=O) groups excluding carboxylic acids is 1. The highest BCUT2D eigenvalue weighted by Gasteiger charge is 2.17. The smallest absolute Gasteiger partial charge is 0.417 e. The standard InChI is InChI=1S/C18H20ClN5O3S/c1-10-17(28-11(2)22-10)27-18(25)23-12-4-5-15(26-7-6-20)13(8-12)16-14(19)9-21-24(16)3/h4-5,8-9H,6-7,20H2,1-3H3,(H,23,25). The fraction of sp³-hybridized carbons (Fsp3) is 0.278. The van der Waals surface area contributed by atoms with Gasteiger partial charge in [0.05, 0.1) is 27.6 Å². The van der Waals surface area contributed by atoms with Crippen LogP contribution >= 0.6 is 22.9 Å². The summed E-state index contributed by atoms with van der Waals surface area (Å²) >= 11 is 7.60. The summed E-state index contributed by atoms with van der Waals surface area (Å²) in [5.41, 5.74) is 8.09. The van der Waals surface area contributed by atoms with Gasteiger partial charge in [-0.25, -0.2) is 9.78 Å². The van der Waals surface area contributed by atoms with Crippen molar-refractivity contribution in [2.75, 3.05) is 18.5 Å². The number of benzene rings is 1. The molecule has 148 valence electrons. The van der Waals surface area contributed by atoms with Crippen molar-refractivity contribution in [3.8, 4) is 22.1 Å². The number of aryl methyl sites for hydroxylation is 3. The van der Waals surface area contributed by atoms with E-state index in [1.54, 1.807) is 43.0 Å². The Labute approximate surface area is 171 Å². The molecule has 0 atom stereocenters. The Balaban J connectivity index is 1.87. The van der Waals surface area contributed by atoms with Crippen LogP contribution in [0.3, 0.4) is 0 Å². The van der Waals surface area contributed by atoms with Crippen molar-refractivity contribution in [1.29, 1.82) is 0 Å². The molecule has 3 aromatic rings. The van der Waals surface area contributed by atoms with Crippen molar-refractivity contribution in [2.45, 2.75) is 13.8 Å². The number of nitrogens with one attached hydrogen (secondary N) is 1. The Kier molecular flexibility index (Phi) is 6.18. The molecule has 28 heavy (non-hydrogen) atoms. The number of thiazole rings is 1. The first-order valence-electron chi connectivity index (χ1n) is 8.46. The lowest BCUT2D eigenvalue weighted by molar-refractivity contribution is 0.216. The van der Waals surface area contributed by atoms with E-state index in [0.717, 1.165) is 5.01 Å². The number of rotatable bonds is 6. The molecule has 0 bridgehead atoms. The molecule has 0 saturated carbocycles. The maximum Gasteiger partial charge on any atom is 0.417 e. The molecule has 1 aromatic carbocycles. The van der Waals surface area contributed by atoms with E-state index in [1.165, 1.54) is 11.3 Å². The van der Waals surface area contributed by atoms with E-state index in [1.807, 2.05) is 6.92 Å². The monoisotopic (exact) mass is 421 g/mol. The second-order valence-electron chi connectivity index (χ2n) is 5.93. The van der Waals surface area contributed by atoms with Crippen molar-refractivity contribution in [2.24, 2.45) is 12.8 Å². The number of hydrogen-bond donors (Lipinski definition) is 2. The normalized spacial score (nSPS) is 10.8. The van der Waals surface area contributed by atoms with Crippen LogP contribution in [0.4, 0.5) is 10.5 Å². The minimum Gasteiger partial charge on any atom is -0.492 e. The van der Waals surface area contributed by atoms with Gasteiger partial charge in [-0.1, -0.05) is 22.9 Å². The summed E-state index contributed by atoms with van der Waals surface area (Å²) in [7, 11) is 1.77. The molecule has 0 aliphatic rings. The molecule has 0 aliphatic heterocycles. The molecular formula is C18H20ClN5O3S. The fourth-order valence-electron chi connectivity index (χ4n) is 2.64. The highest BCUT2D eigenvalue weighted by molar-refractivity contribution is 7.13. The summed E-state index contributed by atoms with van der Waals surface area (Å²) in [5.74, 6) is 0.587. The lowest BCUT2D eigenvalue weighted by Crippen LogP contribution is -2.17. The van der Waals surface area contributed by atoms with Gasteiger partial charge in [0.1, 0.15) is 12.4 Å². The van der Waals surface area contributed by atoms with Crippen LogP contribution in [0.1, 0.15) is 10.7 Å². The van der Waals surface area contributed by atoms with Crippen LogP contribution in [-0.2, 0) is 7.05 Å². The van der Waals surface area contributed by atoms with Gasteiger partial charge < -0.3 is 15.2 Å². The number of hydrogen-bond acceptors (Lipinski definition) is 7. The third kappa shape index (κ3) is 4.44. The number of nitrogens with zero attached hydrogens (tertiary/aromatic N) is 3. The zero-order chi connectivity index (χ0) is 20.3. The van der Waals surface area contributed by atoms with Gasteiger partial charge in [0.2, 0.25) is 5.06 Å². The Morgan fingerprint density at radius 1 is 1.39 bits per heavy atom. The molecule has 2 aromatic heterocycles. The van der Waals surface area contributed by atoms with E-state index in [9.17, 15) is 4.79 Å². The number of nitrogens with two attached hydrogens (primary N) is 1. The fourth-order valence-corrected chi connectivity index (χ4v) is 3.67. The second-order valence-corrected chi connectivity index (χ2v) is 7.51. The molecule has 2 heterocycles. The topological polar surface area (TPSA) is 104 Å². The van der Waals surface area contributed by atoms with Crippen LogP contribution in [0, 0.1) is 13.8 Å². The summed E-state index contributed by atoms with van der Waals surface area (Å²) in [6.07, 6.45) is 0.941. The Morgan fingerprint density at radius 2 is 2.18 bits per heavy atom. The minimum absolute atomic E-state index is 0.349. The van der Waals surface area contributed by atoms with E-state index in [-0.39, 0.29) is 0 Å². The first-order valence-corrected chi connectivity index (χ1v) is 9.66. The van der Waals surface area contributed by atoms with Gasteiger partial charge in [-0.2, -0.15) is 5.10 Å². The van der Waals surface area contributed by atoms with Crippen LogP contribution in [0.2, 0.25) is 5.02 Å². The minimum atomic E-state index is -0.607. The number of halogens is 1. The van der Waals surface area contributed by atoms with E-state index < -0.39 is 6.09 Å². The van der Waals surface area contributed by atoms with Crippen LogP contribution in [-0.4, -0.2) is 34.0 Å². The van der Waals surface area contributed by atoms with Crippen LogP contribution in [0.15, 0.2) is 24.4 Å². The molecule has 1 amide bonds. The van der Waals surface area contributed by atoms with Crippen molar-refractivity contribution in [3.05, 3.63) is 40.1 Å². The summed E-state index contributed by atoms with van der Waals surface area (Å²) in [4.78, 5) is 16.5. The van der Waals surface area contributed by atoms with Gasteiger partial charge in [-0.3, -0.25) is 10.00 Å². The third-order valence-electron chi connectivity index (χ3n) is 3.80. The molecule has 8 nitrogen and oxygen atoms in total. The van der Waals surface area contributed by atoms with Crippen LogP contribution in [0.5, 0.6) is 10.8 Å². The summed E-state index contributed by atoms with van der Waals surface area (Å²) in [6.45, 7) is 4.37. The molecular weight excluding hydrogens is 402 g/mol. The molecule has 0 unspecified atom stereocenters. The van der Waals surface area contributed by atoms with Gasteiger partial charge in [0, 0.05) is 24.8 Å². The zero-order valence-corrected chi connectivity index (χ0v) is 17.2. The molecule has 0 saturated heterocycles. The van der Waals surface area contributed by atoms with E-state index >= 15 is 0 Å². The van der Waals surface area contributed by atoms with Gasteiger partial charge in [0.15, 0.2) is 0 Å². The Bertz CT molecular complexity index is 982. The van der Waals surface area contributed by atoms with Gasteiger partial charge >= 0.3 is 6.09 Å². The summed E-state index contributed by atoms with van der Waals surface area (Å²) < 4.78 is 12.7. The van der Waals surface area contributed by atoms with E-state index in [0.29, 0.717) is 51.6 Å². The van der Waals surface area contributed by atoms with Crippen molar-refractivity contribution < 1.29 is 14.3 Å². The number of aromatic nitrogens is 3. The molecule has 10 heteroatoms. The van der Waals surface area contributed by atoms with Crippen molar-refractivity contribution in [3.63, 3.8) is 0 Å². The lowest BCUT2D eigenvalue weighted by atomic mass is 10.1. The van der Waals surface area contributed by atoms with Crippen LogP contribution in [0.25, 0.3) is 11.3 Å². The second kappa shape index (κ2) is 8.59. The molecule has 0 spiro atoms. The first kappa shape index (κ1) is 20.1. The van der Waals surface area contributed by atoms with Gasteiger partial charge in [-0.05, 0) is 32.0 Å². The predicted octanol–water partition coefficient (Wildman–Crippen LogP) is 3.76. The SMILES string of the molecule is Cc1nc(C)c(OC(=O)Nc2ccc(OCCN)c(-c3c(Cl)cnn3C)c2)s1. The number of anilines is 1. The molecule has 0 fully saturated rings. The number of carbonyl (C=O) groups is 1. The quantitative estimate of drug-likeness (QED) is 0.627. The highest BCUT2D eigenvalue weighted by atomic mass is 35.5.